The minimum absolute atomic E-state index is 0.00590. The van der Waals surface area contributed by atoms with Crippen molar-refractivity contribution in [3.63, 3.8) is 0 Å². The fourth-order valence-electron chi connectivity index (χ4n) is 1.27. The Morgan fingerprint density at radius 3 is 2.44 bits per heavy atom. The van der Waals surface area contributed by atoms with Gasteiger partial charge in [0.2, 0.25) is 10.0 Å². The third-order valence-electron chi connectivity index (χ3n) is 2.17. The number of hydrogen-bond donors (Lipinski definition) is 2. The number of sulfonamides is 1. The van der Waals surface area contributed by atoms with Crippen LogP contribution in [0.2, 0.25) is 0 Å². The molecule has 0 aromatic heterocycles. The Morgan fingerprint density at radius 1 is 1.31 bits per heavy atom. The summed E-state index contributed by atoms with van der Waals surface area (Å²) in [6.07, 6.45) is 2.99. The first-order valence-corrected chi connectivity index (χ1v) is 8.58. The van der Waals surface area contributed by atoms with Crippen LogP contribution in [0.3, 0.4) is 0 Å². The lowest BCUT2D eigenvalue weighted by Gasteiger charge is -2.18. The van der Waals surface area contributed by atoms with Gasteiger partial charge < -0.3 is 5.32 Å². The lowest BCUT2D eigenvalue weighted by Crippen LogP contribution is -2.43. The minimum atomic E-state index is -3.19. The fourth-order valence-corrected chi connectivity index (χ4v) is 3.17. The van der Waals surface area contributed by atoms with Gasteiger partial charge in [0.05, 0.1) is 5.25 Å². The van der Waals surface area contributed by atoms with Crippen LogP contribution >= 0.6 is 11.8 Å². The van der Waals surface area contributed by atoms with E-state index in [1.54, 1.807) is 18.7 Å². The highest BCUT2D eigenvalue weighted by molar-refractivity contribution is 7.98. The van der Waals surface area contributed by atoms with E-state index < -0.39 is 10.0 Å². The van der Waals surface area contributed by atoms with Crippen molar-refractivity contribution in [3.05, 3.63) is 0 Å². The topological polar surface area (TPSA) is 58.2 Å². The van der Waals surface area contributed by atoms with Crippen molar-refractivity contribution in [2.75, 3.05) is 25.1 Å². The number of thioether (sulfide) groups is 1. The summed E-state index contributed by atoms with van der Waals surface area (Å²) in [4.78, 5) is 0. The highest BCUT2D eigenvalue weighted by Gasteiger charge is 2.21. The number of rotatable bonds is 9. The van der Waals surface area contributed by atoms with Crippen molar-refractivity contribution >= 4 is 21.8 Å². The molecular formula is C10H24N2O2S2. The van der Waals surface area contributed by atoms with E-state index in [2.05, 4.69) is 17.0 Å². The molecule has 0 bridgehead atoms. The SMILES string of the molecule is CCCNCC(C)S(=O)(=O)NC(C)CSC. The molecule has 0 aromatic rings. The molecule has 2 N–H and O–H groups in total. The summed E-state index contributed by atoms with van der Waals surface area (Å²) in [7, 11) is -3.19. The zero-order chi connectivity index (χ0) is 12.6. The predicted molar refractivity (Wildman–Crippen MR) is 72.5 cm³/mol. The molecule has 0 saturated carbocycles. The summed E-state index contributed by atoms with van der Waals surface area (Å²) in [5, 5.41) is 2.74. The fraction of sp³-hybridized carbons (Fsp3) is 1.00. The highest BCUT2D eigenvalue weighted by atomic mass is 32.2. The van der Waals surface area contributed by atoms with Crippen LogP contribution in [0, 0.1) is 0 Å². The molecule has 0 radical (unpaired) electrons. The summed E-state index contributed by atoms with van der Waals surface area (Å²) < 4.78 is 26.4. The molecule has 4 nitrogen and oxygen atoms in total. The van der Waals surface area contributed by atoms with E-state index in [-0.39, 0.29) is 11.3 Å². The van der Waals surface area contributed by atoms with Crippen LogP contribution in [0.4, 0.5) is 0 Å². The zero-order valence-corrected chi connectivity index (χ0v) is 12.2. The average Bonchev–Trinajstić information content (AvgIpc) is 2.17. The molecule has 6 heteroatoms. The Bertz CT molecular complexity index is 268. The Labute approximate surface area is 104 Å². The van der Waals surface area contributed by atoms with E-state index in [0.717, 1.165) is 18.7 Å². The summed E-state index contributed by atoms with van der Waals surface area (Å²) >= 11 is 1.64. The molecule has 0 heterocycles. The maximum atomic E-state index is 11.8. The zero-order valence-electron chi connectivity index (χ0n) is 10.6. The van der Waals surface area contributed by atoms with Gasteiger partial charge in [0.15, 0.2) is 0 Å². The van der Waals surface area contributed by atoms with Crippen LogP contribution in [0.5, 0.6) is 0 Å². The van der Waals surface area contributed by atoms with Gasteiger partial charge in [-0.25, -0.2) is 13.1 Å². The highest BCUT2D eigenvalue weighted by Crippen LogP contribution is 2.02. The van der Waals surface area contributed by atoms with Crippen molar-refractivity contribution in [2.45, 2.75) is 38.5 Å². The maximum absolute atomic E-state index is 11.8. The second-order valence-corrected chi connectivity index (χ2v) is 7.08. The Kier molecular flexibility index (Phi) is 8.45. The van der Waals surface area contributed by atoms with Crippen LogP contribution in [0.15, 0.2) is 0 Å². The molecular weight excluding hydrogens is 244 g/mol. The van der Waals surface area contributed by atoms with E-state index in [9.17, 15) is 8.42 Å². The molecule has 0 aliphatic heterocycles. The van der Waals surface area contributed by atoms with E-state index in [0.29, 0.717) is 6.54 Å². The normalized spacial score (nSPS) is 16.0. The van der Waals surface area contributed by atoms with E-state index in [4.69, 9.17) is 0 Å². The standard InChI is InChI=1S/C10H24N2O2S2/c1-5-6-11-7-10(3)16(13,14)12-9(2)8-15-4/h9-12H,5-8H2,1-4H3. The maximum Gasteiger partial charge on any atom is 0.215 e. The molecule has 0 aliphatic carbocycles. The first-order chi connectivity index (χ1) is 7.44. The summed E-state index contributed by atoms with van der Waals surface area (Å²) in [6.45, 7) is 7.05. The predicted octanol–water partition coefficient (Wildman–Crippen LogP) is 1.05. The second-order valence-electron chi connectivity index (χ2n) is 4.03. The minimum Gasteiger partial charge on any atom is -0.315 e. The van der Waals surface area contributed by atoms with Crippen molar-refractivity contribution in [1.82, 2.24) is 10.0 Å². The molecule has 0 saturated heterocycles. The molecule has 2 unspecified atom stereocenters. The molecule has 0 spiro atoms. The van der Waals surface area contributed by atoms with Gasteiger partial charge in [-0.2, -0.15) is 11.8 Å². The molecule has 0 amide bonds. The van der Waals surface area contributed by atoms with E-state index in [1.807, 2.05) is 13.2 Å². The lowest BCUT2D eigenvalue weighted by atomic mass is 10.4. The van der Waals surface area contributed by atoms with Gasteiger partial charge >= 0.3 is 0 Å². The van der Waals surface area contributed by atoms with Crippen LogP contribution in [-0.2, 0) is 10.0 Å². The van der Waals surface area contributed by atoms with Gasteiger partial charge in [0, 0.05) is 18.3 Å². The molecule has 0 rings (SSSR count). The first kappa shape index (κ1) is 16.2. The van der Waals surface area contributed by atoms with Crippen molar-refractivity contribution < 1.29 is 8.42 Å². The molecule has 0 fully saturated rings. The van der Waals surface area contributed by atoms with Crippen LogP contribution in [0.1, 0.15) is 27.2 Å². The van der Waals surface area contributed by atoms with Crippen LogP contribution in [-0.4, -0.2) is 44.8 Å². The number of nitrogens with one attached hydrogen (secondary N) is 2. The molecule has 16 heavy (non-hydrogen) atoms. The quantitative estimate of drug-likeness (QED) is 0.614. The van der Waals surface area contributed by atoms with Crippen molar-refractivity contribution in [1.29, 1.82) is 0 Å². The average molecular weight is 268 g/mol. The van der Waals surface area contributed by atoms with E-state index >= 15 is 0 Å². The summed E-state index contributed by atoms with van der Waals surface area (Å²) in [5.41, 5.74) is 0. The molecule has 0 aromatic carbocycles. The van der Waals surface area contributed by atoms with Crippen LogP contribution in [0.25, 0.3) is 0 Å². The van der Waals surface area contributed by atoms with Gasteiger partial charge in [0.1, 0.15) is 0 Å². The first-order valence-electron chi connectivity index (χ1n) is 5.64. The molecule has 98 valence electrons. The van der Waals surface area contributed by atoms with Gasteiger partial charge in [-0.05, 0) is 33.1 Å². The van der Waals surface area contributed by atoms with Crippen molar-refractivity contribution in [2.24, 2.45) is 0 Å². The lowest BCUT2D eigenvalue weighted by molar-refractivity contribution is 0.548. The van der Waals surface area contributed by atoms with Gasteiger partial charge in [-0.1, -0.05) is 6.92 Å². The van der Waals surface area contributed by atoms with Gasteiger partial charge in [-0.15, -0.1) is 0 Å². The van der Waals surface area contributed by atoms with Crippen LogP contribution < -0.4 is 10.0 Å². The van der Waals surface area contributed by atoms with Crippen molar-refractivity contribution in [3.8, 4) is 0 Å². The third kappa shape index (κ3) is 6.73. The summed E-state index contributed by atoms with van der Waals surface area (Å²) in [6, 6.07) is -0.00590. The second kappa shape index (κ2) is 8.33. The van der Waals surface area contributed by atoms with E-state index in [1.165, 1.54) is 0 Å². The third-order valence-corrected chi connectivity index (χ3v) is 4.96. The Hall–Kier alpha value is 0.220. The molecule has 2 atom stereocenters. The largest absolute Gasteiger partial charge is 0.315 e. The Balaban J connectivity index is 4.10. The van der Waals surface area contributed by atoms with Gasteiger partial charge in [-0.3, -0.25) is 0 Å². The summed E-state index contributed by atoms with van der Waals surface area (Å²) in [5.74, 6) is 0.800. The van der Waals surface area contributed by atoms with Gasteiger partial charge in [0.25, 0.3) is 0 Å². The number of hydrogen-bond acceptors (Lipinski definition) is 4. The smallest absolute Gasteiger partial charge is 0.215 e. The molecule has 0 aliphatic rings. The Morgan fingerprint density at radius 2 is 1.94 bits per heavy atom. The monoisotopic (exact) mass is 268 g/mol.